The number of hydrogen-bond donors (Lipinski definition) is 1. The molecule has 0 unspecified atom stereocenters. The molecular weight excluding hydrogens is 324 g/mol. The number of carbonyl (C=O) groups excluding carboxylic acids is 1. The second-order valence-corrected chi connectivity index (χ2v) is 8.16. The molecule has 26 heavy (non-hydrogen) atoms. The molecule has 5 heteroatoms. The van der Waals surface area contributed by atoms with Crippen molar-refractivity contribution in [2.75, 3.05) is 23.3 Å². The molecule has 2 aromatic rings. The van der Waals surface area contributed by atoms with Gasteiger partial charge in [-0.3, -0.25) is 4.79 Å². The first kappa shape index (κ1) is 18.4. The monoisotopic (exact) mass is 352 g/mol. The molecule has 1 aromatic carbocycles. The van der Waals surface area contributed by atoms with Crippen LogP contribution in [0.3, 0.4) is 0 Å². The molecule has 1 amide bonds. The molecule has 1 fully saturated rings. The van der Waals surface area contributed by atoms with Crippen molar-refractivity contribution >= 4 is 17.5 Å². The molecule has 1 aromatic heterocycles. The molecule has 0 aliphatic carbocycles. The smallest absolute Gasteiger partial charge is 0.274 e. The summed E-state index contributed by atoms with van der Waals surface area (Å²) < 4.78 is 0. The number of hydrogen-bond acceptors (Lipinski definition) is 4. The third-order valence-corrected chi connectivity index (χ3v) is 4.93. The summed E-state index contributed by atoms with van der Waals surface area (Å²) in [7, 11) is 0. The molecule has 0 atom stereocenters. The van der Waals surface area contributed by atoms with Crippen LogP contribution in [0, 0.1) is 5.92 Å². The predicted molar refractivity (Wildman–Crippen MR) is 106 cm³/mol. The fourth-order valence-corrected chi connectivity index (χ4v) is 3.27. The Morgan fingerprint density at radius 1 is 1.15 bits per heavy atom. The maximum Gasteiger partial charge on any atom is 0.274 e. The van der Waals surface area contributed by atoms with Crippen molar-refractivity contribution in [3.05, 3.63) is 47.8 Å². The van der Waals surface area contributed by atoms with E-state index < -0.39 is 0 Å². The van der Waals surface area contributed by atoms with Crippen molar-refractivity contribution < 1.29 is 4.79 Å². The summed E-state index contributed by atoms with van der Waals surface area (Å²) >= 11 is 0. The highest BCUT2D eigenvalue weighted by Gasteiger charge is 2.21. The number of amides is 1. The molecule has 2 heterocycles. The second kappa shape index (κ2) is 7.44. The molecule has 1 saturated heterocycles. The van der Waals surface area contributed by atoms with E-state index in [0.717, 1.165) is 43.1 Å². The summed E-state index contributed by atoms with van der Waals surface area (Å²) in [4.78, 5) is 23.8. The van der Waals surface area contributed by atoms with Crippen molar-refractivity contribution in [3.8, 4) is 0 Å². The summed E-state index contributed by atoms with van der Waals surface area (Å²) in [5.41, 5.74) is 2.28. The fraction of sp³-hybridized carbons (Fsp3) is 0.476. The quantitative estimate of drug-likeness (QED) is 0.896. The first-order valence-electron chi connectivity index (χ1n) is 9.33. The van der Waals surface area contributed by atoms with Crippen LogP contribution in [0.5, 0.6) is 0 Å². The van der Waals surface area contributed by atoms with Gasteiger partial charge in [0.1, 0.15) is 5.69 Å². The van der Waals surface area contributed by atoms with Gasteiger partial charge < -0.3 is 10.2 Å². The molecule has 138 valence electrons. The van der Waals surface area contributed by atoms with Gasteiger partial charge in [-0.05, 0) is 41.9 Å². The number of benzene rings is 1. The highest BCUT2D eigenvalue weighted by atomic mass is 16.1. The Labute approximate surface area is 155 Å². The Bertz CT molecular complexity index is 774. The van der Waals surface area contributed by atoms with E-state index in [0.29, 0.717) is 11.6 Å². The van der Waals surface area contributed by atoms with Crippen molar-refractivity contribution in [2.45, 2.75) is 46.0 Å². The zero-order chi connectivity index (χ0) is 18.7. The van der Waals surface area contributed by atoms with Crippen LogP contribution in [0.25, 0.3) is 0 Å². The highest BCUT2D eigenvalue weighted by Crippen LogP contribution is 2.29. The summed E-state index contributed by atoms with van der Waals surface area (Å²) in [5.74, 6) is 1.19. The summed E-state index contributed by atoms with van der Waals surface area (Å²) in [6, 6.07) is 9.59. The molecule has 0 spiro atoms. The summed E-state index contributed by atoms with van der Waals surface area (Å²) in [5, 5.41) is 3.02. The number of rotatable bonds is 3. The van der Waals surface area contributed by atoms with Crippen LogP contribution in [0.1, 0.15) is 56.6 Å². The number of nitrogens with zero attached hydrogens (tertiary/aromatic N) is 3. The zero-order valence-electron chi connectivity index (χ0n) is 16.1. The fourth-order valence-electron chi connectivity index (χ4n) is 3.27. The van der Waals surface area contributed by atoms with Gasteiger partial charge in [0.05, 0.1) is 0 Å². The third-order valence-electron chi connectivity index (χ3n) is 4.93. The van der Waals surface area contributed by atoms with Gasteiger partial charge >= 0.3 is 0 Å². The normalized spacial score (nSPS) is 15.8. The molecule has 3 rings (SSSR count). The lowest BCUT2D eigenvalue weighted by molar-refractivity contribution is 0.102. The topological polar surface area (TPSA) is 58.1 Å². The van der Waals surface area contributed by atoms with Crippen LogP contribution < -0.4 is 10.2 Å². The van der Waals surface area contributed by atoms with Crippen molar-refractivity contribution in [3.63, 3.8) is 0 Å². The molecule has 1 aliphatic rings. The summed E-state index contributed by atoms with van der Waals surface area (Å²) in [6.07, 6.45) is 3.95. The highest BCUT2D eigenvalue weighted by molar-refractivity contribution is 6.03. The number of piperidine rings is 1. The zero-order valence-corrected chi connectivity index (χ0v) is 16.1. The predicted octanol–water partition coefficient (Wildman–Crippen LogP) is 4.26. The van der Waals surface area contributed by atoms with E-state index in [1.54, 1.807) is 12.3 Å². The minimum atomic E-state index is -0.198. The maximum atomic E-state index is 12.8. The Morgan fingerprint density at radius 2 is 1.85 bits per heavy atom. The Hall–Kier alpha value is -2.43. The van der Waals surface area contributed by atoms with E-state index in [9.17, 15) is 4.79 Å². The van der Waals surface area contributed by atoms with Gasteiger partial charge in [-0.2, -0.15) is 0 Å². The molecular formula is C21H28N4O. The van der Waals surface area contributed by atoms with Crippen LogP contribution >= 0.6 is 0 Å². The van der Waals surface area contributed by atoms with Gasteiger partial charge in [-0.15, -0.1) is 0 Å². The largest absolute Gasteiger partial charge is 0.341 e. The van der Waals surface area contributed by atoms with Crippen LogP contribution in [0.15, 0.2) is 36.5 Å². The number of nitrogens with one attached hydrogen (secondary N) is 1. The van der Waals surface area contributed by atoms with Gasteiger partial charge in [0, 0.05) is 25.0 Å². The third kappa shape index (κ3) is 4.21. The first-order valence-corrected chi connectivity index (χ1v) is 9.33. The standard InChI is InChI=1S/C21H28N4O/c1-15-10-13-25(14-11-15)20-22-12-9-18(24-20)19(26)23-17-8-6-5-7-16(17)21(2,3)4/h5-9,12,15H,10-11,13-14H2,1-4H3,(H,23,26). The minimum Gasteiger partial charge on any atom is -0.341 e. The second-order valence-electron chi connectivity index (χ2n) is 8.16. The SMILES string of the molecule is CC1CCN(c2nccc(C(=O)Nc3ccccc3C(C)(C)C)n2)CC1. The van der Waals surface area contributed by atoms with E-state index in [-0.39, 0.29) is 11.3 Å². The van der Waals surface area contributed by atoms with Crippen molar-refractivity contribution in [1.82, 2.24) is 9.97 Å². The average molecular weight is 352 g/mol. The molecule has 0 bridgehead atoms. The van der Waals surface area contributed by atoms with E-state index in [4.69, 9.17) is 0 Å². The molecule has 0 radical (unpaired) electrons. The summed E-state index contributed by atoms with van der Waals surface area (Å²) in [6.45, 7) is 10.6. The van der Waals surface area contributed by atoms with Gasteiger partial charge in [0.2, 0.25) is 5.95 Å². The van der Waals surface area contributed by atoms with E-state index in [2.05, 4.69) is 53.9 Å². The number of anilines is 2. The van der Waals surface area contributed by atoms with E-state index >= 15 is 0 Å². The number of aromatic nitrogens is 2. The molecule has 5 nitrogen and oxygen atoms in total. The first-order chi connectivity index (χ1) is 12.3. The lowest BCUT2D eigenvalue weighted by Gasteiger charge is -2.30. The minimum absolute atomic E-state index is 0.0504. The molecule has 0 saturated carbocycles. The molecule has 1 N–H and O–H groups in total. The van der Waals surface area contributed by atoms with Crippen molar-refractivity contribution in [1.29, 1.82) is 0 Å². The van der Waals surface area contributed by atoms with Gasteiger partial charge in [0.25, 0.3) is 5.91 Å². The van der Waals surface area contributed by atoms with Gasteiger partial charge in [-0.1, -0.05) is 45.9 Å². The van der Waals surface area contributed by atoms with Crippen molar-refractivity contribution in [2.24, 2.45) is 5.92 Å². The molecule has 1 aliphatic heterocycles. The van der Waals surface area contributed by atoms with Gasteiger partial charge in [-0.25, -0.2) is 9.97 Å². The van der Waals surface area contributed by atoms with E-state index in [1.165, 1.54) is 0 Å². The van der Waals surface area contributed by atoms with Crippen LogP contribution in [-0.4, -0.2) is 29.0 Å². The van der Waals surface area contributed by atoms with Gasteiger partial charge in [0.15, 0.2) is 0 Å². The maximum absolute atomic E-state index is 12.8. The van der Waals surface area contributed by atoms with Crippen LogP contribution in [0.4, 0.5) is 11.6 Å². The average Bonchev–Trinajstić information content (AvgIpc) is 2.62. The number of para-hydroxylation sites is 1. The Morgan fingerprint density at radius 3 is 2.54 bits per heavy atom. The van der Waals surface area contributed by atoms with Crippen LogP contribution in [-0.2, 0) is 5.41 Å². The van der Waals surface area contributed by atoms with Crippen LogP contribution in [0.2, 0.25) is 0 Å². The lowest BCUT2D eigenvalue weighted by Crippen LogP contribution is -2.34. The Balaban J connectivity index is 1.78. The lowest BCUT2D eigenvalue weighted by atomic mass is 9.86. The van der Waals surface area contributed by atoms with E-state index in [1.807, 2.05) is 18.2 Å². The number of carbonyl (C=O) groups is 1. The Kier molecular flexibility index (Phi) is 5.25.